The minimum Gasteiger partial charge on any atom is -0.358 e. The monoisotopic (exact) mass is 300 g/mol. The Morgan fingerprint density at radius 3 is 3.09 bits per heavy atom. The second kappa shape index (κ2) is 5.97. The van der Waals surface area contributed by atoms with Crippen molar-refractivity contribution in [3.63, 3.8) is 0 Å². The highest BCUT2D eigenvalue weighted by atomic mass is 16.5. The maximum atomic E-state index is 5.93. The van der Waals surface area contributed by atoms with Crippen LogP contribution < -0.4 is 0 Å². The van der Waals surface area contributed by atoms with Gasteiger partial charge in [0.1, 0.15) is 17.6 Å². The van der Waals surface area contributed by atoms with Gasteiger partial charge in [-0.15, -0.1) is 0 Å². The molecule has 0 spiro atoms. The molecule has 0 aliphatic carbocycles. The molecule has 0 bridgehead atoms. The van der Waals surface area contributed by atoms with Gasteiger partial charge in [0.15, 0.2) is 5.65 Å². The molecule has 5 heteroatoms. The first kappa shape index (κ1) is 14.2. The number of ether oxygens (including phenoxy) is 1. The van der Waals surface area contributed by atoms with E-state index in [1.54, 1.807) is 0 Å². The molecule has 0 amide bonds. The third-order valence-electron chi connectivity index (χ3n) is 5.04. The summed E-state index contributed by atoms with van der Waals surface area (Å²) in [5, 5.41) is 0. The average molecular weight is 300 g/mol. The van der Waals surface area contributed by atoms with Crippen molar-refractivity contribution in [2.24, 2.45) is 0 Å². The highest BCUT2D eigenvalue weighted by Crippen LogP contribution is 2.30. The van der Waals surface area contributed by atoms with E-state index in [1.165, 1.54) is 19.4 Å². The first-order valence-corrected chi connectivity index (χ1v) is 8.54. The van der Waals surface area contributed by atoms with E-state index >= 15 is 0 Å². The van der Waals surface area contributed by atoms with Crippen LogP contribution in [0.1, 0.15) is 44.7 Å². The Hall–Kier alpha value is -1.46. The minimum atomic E-state index is 0.117. The van der Waals surface area contributed by atoms with Gasteiger partial charge in [-0.2, -0.15) is 0 Å². The van der Waals surface area contributed by atoms with Crippen LogP contribution in [0.25, 0.3) is 11.2 Å². The maximum absolute atomic E-state index is 5.93. The Kier molecular flexibility index (Phi) is 3.84. The second-order valence-electron chi connectivity index (χ2n) is 6.34. The summed E-state index contributed by atoms with van der Waals surface area (Å²) in [6, 6.07) is 4.64. The minimum absolute atomic E-state index is 0.117. The predicted octanol–water partition coefficient (Wildman–Crippen LogP) is 2.77. The van der Waals surface area contributed by atoms with Crippen molar-refractivity contribution in [2.75, 3.05) is 19.7 Å². The molecular weight excluding hydrogens is 276 g/mol. The van der Waals surface area contributed by atoms with Gasteiger partial charge >= 0.3 is 0 Å². The van der Waals surface area contributed by atoms with Gasteiger partial charge in [-0.25, -0.2) is 9.97 Å². The van der Waals surface area contributed by atoms with Gasteiger partial charge in [0, 0.05) is 25.3 Å². The van der Waals surface area contributed by atoms with Gasteiger partial charge in [0.25, 0.3) is 0 Å². The molecule has 4 heterocycles. The Balaban J connectivity index is 1.71. The van der Waals surface area contributed by atoms with Crippen LogP contribution in [-0.4, -0.2) is 45.2 Å². The summed E-state index contributed by atoms with van der Waals surface area (Å²) in [5.74, 6) is 1.14. The van der Waals surface area contributed by atoms with Gasteiger partial charge in [0.2, 0.25) is 0 Å². The number of pyridine rings is 1. The van der Waals surface area contributed by atoms with E-state index in [-0.39, 0.29) is 6.23 Å². The van der Waals surface area contributed by atoms with Gasteiger partial charge in [-0.3, -0.25) is 4.57 Å². The van der Waals surface area contributed by atoms with E-state index in [4.69, 9.17) is 9.72 Å². The molecule has 2 aromatic heterocycles. The van der Waals surface area contributed by atoms with E-state index in [0.717, 1.165) is 49.4 Å². The Morgan fingerprint density at radius 1 is 1.32 bits per heavy atom. The van der Waals surface area contributed by atoms with Crippen LogP contribution in [0.4, 0.5) is 0 Å². The van der Waals surface area contributed by atoms with Crippen LogP contribution in [0.3, 0.4) is 0 Å². The molecule has 5 nitrogen and oxygen atoms in total. The van der Waals surface area contributed by atoms with Gasteiger partial charge in [-0.1, -0.05) is 6.92 Å². The fourth-order valence-corrected chi connectivity index (χ4v) is 3.94. The van der Waals surface area contributed by atoms with Crippen molar-refractivity contribution in [2.45, 2.75) is 51.3 Å². The smallest absolute Gasteiger partial charge is 0.162 e. The van der Waals surface area contributed by atoms with Crippen LogP contribution in [0, 0.1) is 0 Å². The summed E-state index contributed by atoms with van der Waals surface area (Å²) < 4.78 is 8.19. The van der Waals surface area contributed by atoms with Crippen molar-refractivity contribution in [3.05, 3.63) is 24.2 Å². The fraction of sp³-hybridized carbons (Fsp3) is 0.647. The quantitative estimate of drug-likeness (QED) is 0.871. The lowest BCUT2D eigenvalue weighted by Crippen LogP contribution is -2.32. The van der Waals surface area contributed by atoms with Crippen molar-refractivity contribution in [1.29, 1.82) is 0 Å². The summed E-state index contributed by atoms with van der Waals surface area (Å²) >= 11 is 0. The first-order valence-electron chi connectivity index (χ1n) is 8.54. The number of likely N-dealkylation sites (tertiary alicyclic amines) is 1. The number of hydrogen-bond acceptors (Lipinski definition) is 4. The molecule has 4 rings (SSSR count). The van der Waals surface area contributed by atoms with E-state index in [9.17, 15) is 0 Å². The van der Waals surface area contributed by atoms with Crippen molar-refractivity contribution in [1.82, 2.24) is 19.4 Å². The SMILES string of the molecule is CCN1CCCC1Cc1nc2cccnc2n1C1CCCO1. The van der Waals surface area contributed by atoms with E-state index < -0.39 is 0 Å². The third kappa shape index (κ3) is 2.42. The van der Waals surface area contributed by atoms with E-state index in [1.807, 2.05) is 12.3 Å². The standard InChI is InChI=1S/C17H24N4O/c1-2-20-10-4-6-13(20)12-15-19-14-7-3-9-18-17(14)21(15)16-8-5-11-22-16/h3,7,9,13,16H,2,4-6,8,10-12H2,1H3. The molecule has 2 atom stereocenters. The number of nitrogens with zero attached hydrogens (tertiary/aromatic N) is 4. The lowest BCUT2D eigenvalue weighted by Gasteiger charge is -2.23. The molecule has 2 saturated heterocycles. The number of aromatic nitrogens is 3. The molecule has 0 radical (unpaired) electrons. The number of hydrogen-bond donors (Lipinski definition) is 0. The fourth-order valence-electron chi connectivity index (χ4n) is 3.94. The summed E-state index contributed by atoms with van der Waals surface area (Å²) in [5.41, 5.74) is 1.97. The molecule has 2 aliphatic heterocycles. The van der Waals surface area contributed by atoms with Crippen LogP contribution in [0.15, 0.2) is 18.3 Å². The zero-order valence-electron chi connectivity index (χ0n) is 13.2. The van der Waals surface area contributed by atoms with Gasteiger partial charge < -0.3 is 9.64 Å². The van der Waals surface area contributed by atoms with Crippen molar-refractivity contribution in [3.8, 4) is 0 Å². The lowest BCUT2D eigenvalue weighted by atomic mass is 10.1. The average Bonchev–Trinajstić information content (AvgIpc) is 3.25. The third-order valence-corrected chi connectivity index (χ3v) is 5.04. The largest absolute Gasteiger partial charge is 0.358 e. The summed E-state index contributed by atoms with van der Waals surface area (Å²) in [6.45, 7) is 5.45. The van der Waals surface area contributed by atoms with E-state index in [2.05, 4.69) is 27.4 Å². The zero-order valence-corrected chi connectivity index (χ0v) is 13.2. The number of likely N-dealkylation sites (N-methyl/N-ethyl adjacent to an activating group) is 1. The predicted molar refractivity (Wildman–Crippen MR) is 85.7 cm³/mol. The second-order valence-corrected chi connectivity index (χ2v) is 6.34. The molecule has 2 unspecified atom stereocenters. The highest BCUT2D eigenvalue weighted by Gasteiger charge is 2.29. The van der Waals surface area contributed by atoms with Gasteiger partial charge in [-0.05, 0) is 50.9 Å². The maximum Gasteiger partial charge on any atom is 0.162 e. The van der Waals surface area contributed by atoms with Crippen molar-refractivity contribution >= 4 is 11.2 Å². The summed E-state index contributed by atoms with van der Waals surface area (Å²) in [6.07, 6.45) is 7.74. The molecule has 2 fully saturated rings. The molecule has 2 aliphatic rings. The normalized spacial score (nSPS) is 26.2. The highest BCUT2D eigenvalue weighted by molar-refractivity contribution is 5.71. The van der Waals surface area contributed by atoms with Crippen LogP contribution in [-0.2, 0) is 11.2 Å². The summed E-state index contributed by atoms with van der Waals surface area (Å²) in [4.78, 5) is 12.0. The molecule has 0 aromatic carbocycles. The van der Waals surface area contributed by atoms with Crippen LogP contribution in [0.2, 0.25) is 0 Å². The van der Waals surface area contributed by atoms with Crippen LogP contribution >= 0.6 is 0 Å². The molecular formula is C17H24N4O. The topological polar surface area (TPSA) is 43.2 Å². The number of imidazole rings is 1. The Morgan fingerprint density at radius 2 is 2.27 bits per heavy atom. The Labute approximate surface area is 131 Å². The van der Waals surface area contributed by atoms with Crippen LogP contribution in [0.5, 0.6) is 0 Å². The van der Waals surface area contributed by atoms with Gasteiger partial charge in [0.05, 0.1) is 0 Å². The van der Waals surface area contributed by atoms with Crippen molar-refractivity contribution < 1.29 is 4.74 Å². The summed E-state index contributed by atoms with van der Waals surface area (Å²) in [7, 11) is 0. The Bertz CT molecular complexity index is 647. The molecule has 0 N–H and O–H groups in total. The molecule has 118 valence electrons. The first-order chi connectivity index (χ1) is 10.9. The lowest BCUT2D eigenvalue weighted by molar-refractivity contribution is 0.0563. The van der Waals surface area contributed by atoms with E-state index in [0.29, 0.717) is 6.04 Å². The number of fused-ring (bicyclic) bond motifs is 1. The zero-order chi connectivity index (χ0) is 14.9. The number of rotatable bonds is 4. The molecule has 22 heavy (non-hydrogen) atoms. The molecule has 0 saturated carbocycles. The molecule has 2 aromatic rings.